The van der Waals surface area contributed by atoms with Gasteiger partial charge in [-0.2, -0.15) is 0 Å². The van der Waals surface area contributed by atoms with Gasteiger partial charge in [0.25, 0.3) is 0 Å². The van der Waals surface area contributed by atoms with Gasteiger partial charge in [0.05, 0.1) is 17.9 Å². The number of benzene rings is 1. The third-order valence-corrected chi connectivity index (χ3v) is 5.36. The average molecular weight is 367 g/mol. The number of hydrogen-bond donors (Lipinski definition) is 2. The molecule has 0 aliphatic carbocycles. The molecule has 9 heteroatoms. The second-order valence-electron chi connectivity index (χ2n) is 5.72. The largest absolute Gasteiger partial charge is 0.384 e. The molecule has 2 unspecified atom stereocenters. The molecule has 130 valence electrons. The average Bonchev–Trinajstić information content (AvgIpc) is 2.63. The van der Waals surface area contributed by atoms with E-state index in [1.165, 1.54) is 19.2 Å². The van der Waals surface area contributed by atoms with Crippen LogP contribution in [0, 0.1) is 5.82 Å². The van der Waals surface area contributed by atoms with E-state index in [1.54, 1.807) is 6.07 Å². The first-order valence-electron chi connectivity index (χ1n) is 7.04. The fourth-order valence-electron chi connectivity index (χ4n) is 2.53. The minimum atomic E-state index is -3.48. The Hall–Kier alpha value is -0.770. The van der Waals surface area contributed by atoms with Crippen LogP contribution < -0.4 is 5.32 Å². The Bertz CT molecular complexity index is 673. The molecule has 0 amide bonds. The number of sulfonamides is 1. The lowest BCUT2D eigenvalue weighted by molar-refractivity contribution is -0.0998. The summed E-state index contributed by atoms with van der Waals surface area (Å²) in [4.78, 5) is 0. The number of halogens is 2. The highest BCUT2D eigenvalue weighted by molar-refractivity contribution is 7.88. The van der Waals surface area contributed by atoms with Gasteiger partial charge in [-0.05, 0) is 17.7 Å². The Labute approximate surface area is 140 Å². The van der Waals surface area contributed by atoms with Crippen LogP contribution in [0.5, 0.6) is 0 Å². The maximum atomic E-state index is 13.7. The first-order valence-corrected chi connectivity index (χ1v) is 9.27. The molecule has 0 radical (unpaired) electrons. The summed E-state index contributed by atoms with van der Waals surface area (Å²) in [7, 11) is -2.11. The first-order chi connectivity index (χ1) is 10.6. The number of nitrogens with one attached hydrogen (secondary N) is 1. The van der Waals surface area contributed by atoms with Crippen LogP contribution in [0.3, 0.4) is 0 Å². The van der Waals surface area contributed by atoms with Gasteiger partial charge in [0.1, 0.15) is 17.5 Å². The smallest absolute Gasteiger partial charge is 0.211 e. The summed E-state index contributed by atoms with van der Waals surface area (Å²) in [6.45, 7) is 0.729. The van der Waals surface area contributed by atoms with Gasteiger partial charge in [-0.25, -0.2) is 17.1 Å². The lowest BCUT2D eigenvalue weighted by Crippen LogP contribution is -2.53. The van der Waals surface area contributed by atoms with Crippen LogP contribution in [0.15, 0.2) is 18.2 Å². The zero-order valence-corrected chi connectivity index (χ0v) is 14.5. The number of β-amino-alcohol motifs (C(OH)–C–C–N with tert-alkyl or cyclic N) is 1. The SMILES string of the molecule is CN(CC1(O)CNCCOC1c1ccc(Cl)c(F)c1)S(C)(=O)=O. The van der Waals surface area contributed by atoms with Crippen molar-refractivity contribution in [3.8, 4) is 0 Å². The van der Waals surface area contributed by atoms with Gasteiger partial charge in [0.2, 0.25) is 10.0 Å². The molecule has 1 aliphatic heterocycles. The van der Waals surface area contributed by atoms with E-state index >= 15 is 0 Å². The predicted molar refractivity (Wildman–Crippen MR) is 85.4 cm³/mol. The summed E-state index contributed by atoms with van der Waals surface area (Å²) in [5.74, 6) is -0.621. The monoisotopic (exact) mass is 366 g/mol. The van der Waals surface area contributed by atoms with Gasteiger partial charge in [-0.15, -0.1) is 0 Å². The van der Waals surface area contributed by atoms with Gasteiger partial charge in [0, 0.05) is 26.7 Å². The minimum absolute atomic E-state index is 0.0303. The first kappa shape index (κ1) is 18.6. The Morgan fingerprint density at radius 3 is 2.87 bits per heavy atom. The van der Waals surface area contributed by atoms with E-state index < -0.39 is 27.5 Å². The molecule has 0 bridgehead atoms. The number of aliphatic hydroxyl groups is 1. The van der Waals surface area contributed by atoms with Crippen molar-refractivity contribution in [1.29, 1.82) is 0 Å². The maximum absolute atomic E-state index is 13.7. The summed E-state index contributed by atoms with van der Waals surface area (Å²) in [6.07, 6.45) is 0.173. The molecule has 1 aromatic rings. The summed E-state index contributed by atoms with van der Waals surface area (Å²) in [6, 6.07) is 4.14. The zero-order chi connectivity index (χ0) is 17.3. The fourth-order valence-corrected chi connectivity index (χ4v) is 3.10. The molecule has 2 N–H and O–H groups in total. The number of hydrogen-bond acceptors (Lipinski definition) is 5. The fraction of sp³-hybridized carbons (Fsp3) is 0.571. The Morgan fingerprint density at radius 1 is 1.57 bits per heavy atom. The predicted octanol–water partition coefficient (Wildman–Crippen LogP) is 0.763. The van der Waals surface area contributed by atoms with Gasteiger partial charge in [-0.3, -0.25) is 0 Å². The molecule has 1 heterocycles. The van der Waals surface area contributed by atoms with Crippen molar-refractivity contribution in [2.45, 2.75) is 11.7 Å². The normalized spacial score (nSPS) is 26.3. The maximum Gasteiger partial charge on any atom is 0.211 e. The molecular weight excluding hydrogens is 347 g/mol. The quantitative estimate of drug-likeness (QED) is 0.822. The highest BCUT2D eigenvalue weighted by atomic mass is 35.5. The Balaban J connectivity index is 2.37. The van der Waals surface area contributed by atoms with Crippen LogP contribution in [0.4, 0.5) is 4.39 Å². The van der Waals surface area contributed by atoms with Gasteiger partial charge < -0.3 is 15.2 Å². The second-order valence-corrected chi connectivity index (χ2v) is 8.22. The minimum Gasteiger partial charge on any atom is -0.384 e. The molecular formula is C14H20ClFN2O4S. The Kier molecular flexibility index (Phi) is 5.65. The van der Waals surface area contributed by atoms with E-state index in [0.717, 1.165) is 10.6 Å². The molecule has 2 atom stereocenters. The summed E-state index contributed by atoms with van der Waals surface area (Å²) < 4.78 is 43.8. The van der Waals surface area contributed by atoms with Crippen LogP contribution in [0.2, 0.25) is 5.02 Å². The van der Waals surface area contributed by atoms with E-state index in [-0.39, 0.29) is 18.1 Å². The van der Waals surface area contributed by atoms with Crippen LogP contribution >= 0.6 is 11.6 Å². The highest BCUT2D eigenvalue weighted by Crippen LogP contribution is 2.33. The lowest BCUT2D eigenvalue weighted by atomic mass is 9.90. The van der Waals surface area contributed by atoms with Gasteiger partial charge in [-0.1, -0.05) is 17.7 Å². The molecule has 2 rings (SSSR count). The van der Waals surface area contributed by atoms with Gasteiger partial charge >= 0.3 is 0 Å². The van der Waals surface area contributed by atoms with Crippen LogP contribution in [-0.4, -0.2) is 63.0 Å². The van der Waals surface area contributed by atoms with E-state index in [2.05, 4.69) is 5.32 Å². The molecule has 1 aromatic carbocycles. The van der Waals surface area contributed by atoms with Crippen molar-refractivity contribution in [2.75, 3.05) is 39.5 Å². The van der Waals surface area contributed by atoms with E-state index in [0.29, 0.717) is 18.7 Å². The molecule has 0 aromatic heterocycles. The molecule has 1 aliphatic rings. The molecule has 6 nitrogen and oxygen atoms in total. The van der Waals surface area contributed by atoms with Crippen molar-refractivity contribution < 1.29 is 22.7 Å². The number of rotatable bonds is 4. The van der Waals surface area contributed by atoms with Gasteiger partial charge in [0.15, 0.2) is 0 Å². The zero-order valence-electron chi connectivity index (χ0n) is 12.9. The van der Waals surface area contributed by atoms with Crippen molar-refractivity contribution in [3.05, 3.63) is 34.6 Å². The third-order valence-electron chi connectivity index (χ3n) is 3.79. The highest BCUT2D eigenvalue weighted by Gasteiger charge is 2.42. The van der Waals surface area contributed by atoms with Crippen LogP contribution in [-0.2, 0) is 14.8 Å². The molecule has 1 fully saturated rings. The summed E-state index contributed by atoms with van der Waals surface area (Å²) in [5.41, 5.74) is -1.14. The lowest BCUT2D eigenvalue weighted by Gasteiger charge is -2.36. The van der Waals surface area contributed by atoms with Crippen LogP contribution in [0.25, 0.3) is 0 Å². The number of likely N-dealkylation sites (N-methyl/N-ethyl adjacent to an activating group) is 1. The van der Waals surface area contributed by atoms with Crippen molar-refractivity contribution in [1.82, 2.24) is 9.62 Å². The summed E-state index contributed by atoms with van der Waals surface area (Å²) >= 11 is 5.69. The second kappa shape index (κ2) is 7.00. The number of ether oxygens (including phenoxy) is 1. The topological polar surface area (TPSA) is 78.9 Å². The van der Waals surface area contributed by atoms with Crippen molar-refractivity contribution in [2.24, 2.45) is 0 Å². The Morgan fingerprint density at radius 2 is 2.26 bits per heavy atom. The standard InChI is InChI=1S/C14H20ClFN2O4S/c1-18(23(2,20)21)9-14(19)8-17-5-6-22-13(14)10-3-4-11(15)12(16)7-10/h3-4,7,13,17,19H,5-6,8-9H2,1-2H3. The van der Waals surface area contributed by atoms with E-state index in [1.807, 2.05) is 0 Å². The van der Waals surface area contributed by atoms with E-state index in [9.17, 15) is 17.9 Å². The van der Waals surface area contributed by atoms with Crippen LogP contribution in [0.1, 0.15) is 11.7 Å². The summed E-state index contributed by atoms with van der Waals surface area (Å²) in [5, 5.41) is 14.0. The molecule has 23 heavy (non-hydrogen) atoms. The molecule has 0 spiro atoms. The molecule has 1 saturated heterocycles. The number of nitrogens with zero attached hydrogens (tertiary/aromatic N) is 1. The third kappa shape index (κ3) is 4.40. The van der Waals surface area contributed by atoms with E-state index in [4.69, 9.17) is 16.3 Å². The van der Waals surface area contributed by atoms with Crippen molar-refractivity contribution in [3.63, 3.8) is 0 Å². The van der Waals surface area contributed by atoms with Crippen molar-refractivity contribution >= 4 is 21.6 Å². The molecule has 0 saturated carbocycles.